The largest absolute Gasteiger partial charge is 0.480 e. The smallest absolute Gasteiger partial charge is 0.327 e. The van der Waals surface area contributed by atoms with Gasteiger partial charge in [-0.1, -0.05) is 48.5 Å². The van der Waals surface area contributed by atoms with Crippen molar-refractivity contribution in [2.75, 3.05) is 11.5 Å². The highest BCUT2D eigenvalue weighted by Gasteiger charge is 2.40. The van der Waals surface area contributed by atoms with Crippen LogP contribution in [0.4, 0.5) is 5.69 Å². The van der Waals surface area contributed by atoms with Crippen LogP contribution < -0.4 is 10.2 Å². The van der Waals surface area contributed by atoms with E-state index >= 15 is 0 Å². The molecule has 0 saturated carbocycles. The summed E-state index contributed by atoms with van der Waals surface area (Å²) in [6.07, 6.45) is 1.36. The Hall–Kier alpha value is -3.19. The number of carboxylic acid groups (broad SMARTS) is 1. The molecule has 0 radical (unpaired) electrons. The average Bonchev–Trinajstić information content (AvgIpc) is 3.16. The minimum atomic E-state index is -1.05. The van der Waals surface area contributed by atoms with Crippen molar-refractivity contribution < 1.29 is 24.2 Å². The van der Waals surface area contributed by atoms with E-state index in [0.29, 0.717) is 18.5 Å². The second kappa shape index (κ2) is 10.2. The molecule has 164 valence electrons. The van der Waals surface area contributed by atoms with E-state index in [2.05, 4.69) is 5.32 Å². The molecular weight excluding hydrogens is 396 g/mol. The number of carboxylic acids is 1. The summed E-state index contributed by atoms with van der Waals surface area (Å²) < 4.78 is 5.19. The van der Waals surface area contributed by atoms with Gasteiger partial charge in [-0.3, -0.25) is 19.8 Å². The number of anilines is 1. The number of nitrogens with one attached hydrogen (secondary N) is 1. The number of ether oxygens (including phenoxy) is 1. The maximum atomic E-state index is 13.3. The van der Waals surface area contributed by atoms with Gasteiger partial charge in [-0.05, 0) is 43.9 Å². The Morgan fingerprint density at radius 2 is 1.81 bits per heavy atom. The first kappa shape index (κ1) is 22.5. The van der Waals surface area contributed by atoms with Crippen LogP contribution in [0.25, 0.3) is 0 Å². The number of hydrogen-bond acceptors (Lipinski definition) is 5. The van der Waals surface area contributed by atoms with E-state index in [9.17, 15) is 19.5 Å². The van der Waals surface area contributed by atoms with E-state index in [1.54, 1.807) is 26.0 Å². The Labute approximate surface area is 182 Å². The lowest BCUT2D eigenvalue weighted by atomic mass is 10.0. The van der Waals surface area contributed by atoms with Crippen molar-refractivity contribution in [3.63, 3.8) is 0 Å². The van der Waals surface area contributed by atoms with E-state index in [0.717, 1.165) is 11.1 Å². The molecule has 1 aliphatic rings. The van der Waals surface area contributed by atoms with Crippen molar-refractivity contribution in [2.45, 2.75) is 51.2 Å². The molecule has 31 heavy (non-hydrogen) atoms. The normalized spacial score (nSPS) is 17.0. The molecule has 7 heteroatoms. The Kier molecular flexibility index (Phi) is 7.41. The average molecular weight is 424 g/mol. The molecule has 0 spiro atoms. The molecule has 0 aromatic heterocycles. The Morgan fingerprint density at radius 3 is 2.48 bits per heavy atom. The quantitative estimate of drug-likeness (QED) is 0.601. The van der Waals surface area contributed by atoms with Gasteiger partial charge in [0, 0.05) is 12.1 Å². The van der Waals surface area contributed by atoms with Gasteiger partial charge in [0.1, 0.15) is 12.1 Å². The Balaban J connectivity index is 1.75. The predicted molar refractivity (Wildman–Crippen MR) is 117 cm³/mol. The molecule has 1 aliphatic heterocycles. The summed E-state index contributed by atoms with van der Waals surface area (Å²) in [7, 11) is 0. The van der Waals surface area contributed by atoms with Crippen LogP contribution in [0.2, 0.25) is 0 Å². The van der Waals surface area contributed by atoms with Gasteiger partial charge in [0.05, 0.1) is 12.6 Å². The highest BCUT2D eigenvalue weighted by molar-refractivity contribution is 6.04. The van der Waals surface area contributed by atoms with Crippen molar-refractivity contribution in [1.29, 1.82) is 0 Å². The minimum absolute atomic E-state index is 0.241. The first-order chi connectivity index (χ1) is 14.9. The van der Waals surface area contributed by atoms with Gasteiger partial charge < -0.3 is 9.84 Å². The number of esters is 1. The van der Waals surface area contributed by atoms with Gasteiger partial charge in [-0.2, -0.15) is 0 Å². The molecule has 2 aromatic rings. The summed E-state index contributed by atoms with van der Waals surface area (Å²) in [4.78, 5) is 38.9. The predicted octanol–water partition coefficient (Wildman–Crippen LogP) is 2.57. The monoisotopic (exact) mass is 424 g/mol. The van der Waals surface area contributed by atoms with Crippen LogP contribution in [0.15, 0.2) is 54.6 Å². The SMILES string of the molecule is CCOC(=O)C(CCc1ccccc1)N[C@@H](C)C(=O)N1c2ccccc2C[C@H]1C(=O)O. The topological polar surface area (TPSA) is 95.9 Å². The fourth-order valence-electron chi connectivity index (χ4n) is 3.91. The van der Waals surface area contributed by atoms with Crippen LogP contribution in [0.3, 0.4) is 0 Å². The third-order valence-corrected chi connectivity index (χ3v) is 5.46. The maximum Gasteiger partial charge on any atom is 0.327 e. The van der Waals surface area contributed by atoms with Crippen molar-refractivity contribution >= 4 is 23.5 Å². The first-order valence-corrected chi connectivity index (χ1v) is 10.5. The van der Waals surface area contributed by atoms with Crippen LogP contribution in [-0.2, 0) is 32.0 Å². The molecule has 0 bridgehead atoms. The van der Waals surface area contributed by atoms with E-state index in [4.69, 9.17) is 4.74 Å². The van der Waals surface area contributed by atoms with Gasteiger partial charge >= 0.3 is 11.9 Å². The lowest BCUT2D eigenvalue weighted by Gasteiger charge is -2.28. The number of carbonyl (C=O) groups is 3. The standard InChI is InChI=1S/C24H28N2O5/c1-3-31-24(30)19(14-13-17-9-5-4-6-10-17)25-16(2)22(27)26-20-12-8-7-11-18(20)15-21(26)23(28)29/h4-12,16,19,21,25H,3,13-15H2,1-2H3,(H,28,29)/t16-,19?,21-/m0/s1. The van der Waals surface area contributed by atoms with Gasteiger partial charge in [-0.15, -0.1) is 0 Å². The van der Waals surface area contributed by atoms with E-state index < -0.39 is 30.1 Å². The number of nitrogens with zero attached hydrogens (tertiary/aromatic N) is 1. The van der Waals surface area contributed by atoms with Crippen molar-refractivity contribution in [1.82, 2.24) is 5.32 Å². The number of aryl methyl sites for hydroxylation is 1. The summed E-state index contributed by atoms with van der Waals surface area (Å²) in [5.74, 6) is -1.86. The van der Waals surface area contributed by atoms with Gasteiger partial charge in [-0.25, -0.2) is 4.79 Å². The first-order valence-electron chi connectivity index (χ1n) is 10.5. The van der Waals surface area contributed by atoms with Crippen LogP contribution in [-0.4, -0.2) is 47.7 Å². The van der Waals surface area contributed by atoms with E-state index in [1.165, 1.54) is 4.90 Å². The van der Waals surface area contributed by atoms with Crippen molar-refractivity contribution in [3.05, 3.63) is 65.7 Å². The number of benzene rings is 2. The van der Waals surface area contributed by atoms with Crippen LogP contribution in [0, 0.1) is 0 Å². The third kappa shape index (κ3) is 5.30. The third-order valence-electron chi connectivity index (χ3n) is 5.46. The van der Waals surface area contributed by atoms with Crippen molar-refractivity contribution in [3.8, 4) is 0 Å². The zero-order valence-electron chi connectivity index (χ0n) is 17.8. The van der Waals surface area contributed by atoms with Gasteiger partial charge in [0.2, 0.25) is 5.91 Å². The summed E-state index contributed by atoms with van der Waals surface area (Å²) in [6, 6.07) is 14.5. The molecule has 0 fully saturated rings. The number of rotatable bonds is 9. The fourth-order valence-corrected chi connectivity index (χ4v) is 3.91. The molecule has 1 heterocycles. The number of carbonyl (C=O) groups excluding carboxylic acids is 2. The Bertz CT molecular complexity index is 931. The highest BCUT2D eigenvalue weighted by atomic mass is 16.5. The molecule has 0 saturated heterocycles. The number of amides is 1. The second-order valence-corrected chi connectivity index (χ2v) is 7.61. The van der Waals surface area contributed by atoms with E-state index in [-0.39, 0.29) is 18.9 Å². The molecule has 2 N–H and O–H groups in total. The molecule has 1 unspecified atom stereocenters. The summed E-state index contributed by atoms with van der Waals surface area (Å²) >= 11 is 0. The van der Waals surface area contributed by atoms with Crippen molar-refractivity contribution in [2.24, 2.45) is 0 Å². The molecule has 1 amide bonds. The highest BCUT2D eigenvalue weighted by Crippen LogP contribution is 2.32. The van der Waals surface area contributed by atoms with Crippen LogP contribution in [0.1, 0.15) is 31.4 Å². The summed E-state index contributed by atoms with van der Waals surface area (Å²) in [5, 5.41) is 12.7. The lowest BCUT2D eigenvalue weighted by Crippen LogP contribution is -2.54. The van der Waals surface area contributed by atoms with E-state index in [1.807, 2.05) is 42.5 Å². The van der Waals surface area contributed by atoms with Crippen LogP contribution in [0.5, 0.6) is 0 Å². The maximum absolute atomic E-state index is 13.3. The molecule has 2 aromatic carbocycles. The zero-order chi connectivity index (χ0) is 22.4. The minimum Gasteiger partial charge on any atom is -0.480 e. The molecule has 7 nitrogen and oxygen atoms in total. The second-order valence-electron chi connectivity index (χ2n) is 7.61. The molecule has 0 aliphatic carbocycles. The fraction of sp³-hybridized carbons (Fsp3) is 0.375. The number of hydrogen-bond donors (Lipinski definition) is 2. The summed E-state index contributed by atoms with van der Waals surface area (Å²) in [5.41, 5.74) is 2.50. The molecular formula is C24H28N2O5. The molecule has 3 rings (SSSR count). The van der Waals surface area contributed by atoms with Gasteiger partial charge in [0.25, 0.3) is 0 Å². The van der Waals surface area contributed by atoms with Gasteiger partial charge in [0.15, 0.2) is 0 Å². The number of aliphatic carboxylic acids is 1. The molecule has 3 atom stereocenters. The van der Waals surface area contributed by atoms with Crippen LogP contribution >= 0.6 is 0 Å². The Morgan fingerprint density at radius 1 is 1.13 bits per heavy atom. The lowest BCUT2D eigenvalue weighted by molar-refractivity contribution is -0.146. The summed E-state index contributed by atoms with van der Waals surface area (Å²) in [6.45, 7) is 3.63. The zero-order valence-corrected chi connectivity index (χ0v) is 17.8. The number of para-hydroxylation sites is 1. The number of fused-ring (bicyclic) bond motifs is 1.